The van der Waals surface area contributed by atoms with E-state index in [0.717, 1.165) is 51.3 Å². The Balaban J connectivity index is 1.66. The molecule has 2 amide bonds. The monoisotopic (exact) mass is 449 g/mol. The normalized spacial score (nSPS) is 14.5. The molecule has 7 heteroatoms. The van der Waals surface area contributed by atoms with Crippen molar-refractivity contribution in [2.75, 3.05) is 44.7 Å². The Morgan fingerprint density at radius 3 is 2.50 bits per heavy atom. The number of nitrogens with one attached hydrogen (secondary N) is 1. The van der Waals surface area contributed by atoms with Crippen LogP contribution in [0.15, 0.2) is 42.5 Å². The van der Waals surface area contributed by atoms with E-state index in [9.17, 15) is 4.79 Å². The van der Waals surface area contributed by atoms with Crippen LogP contribution < -0.4 is 5.32 Å². The van der Waals surface area contributed by atoms with Crippen LogP contribution in [0.1, 0.15) is 24.5 Å². The lowest BCUT2D eigenvalue weighted by Gasteiger charge is -2.28. The van der Waals surface area contributed by atoms with Gasteiger partial charge in [-0.1, -0.05) is 54.4 Å². The Morgan fingerprint density at radius 2 is 1.80 bits per heavy atom. The number of nitrogens with zero attached hydrogens (tertiary/aromatic N) is 2. The van der Waals surface area contributed by atoms with Gasteiger partial charge in [0.2, 0.25) is 0 Å². The summed E-state index contributed by atoms with van der Waals surface area (Å²) in [6.45, 7) is 7.72. The van der Waals surface area contributed by atoms with Crippen LogP contribution >= 0.6 is 23.2 Å². The van der Waals surface area contributed by atoms with E-state index in [1.165, 1.54) is 5.56 Å². The summed E-state index contributed by atoms with van der Waals surface area (Å²) in [6.07, 6.45) is 1.89. The third-order valence-corrected chi connectivity index (χ3v) is 5.83. The van der Waals surface area contributed by atoms with Gasteiger partial charge in [0, 0.05) is 37.7 Å². The topological polar surface area (TPSA) is 44.8 Å². The van der Waals surface area contributed by atoms with E-state index in [2.05, 4.69) is 41.4 Å². The Kier molecular flexibility index (Phi) is 8.82. The first-order valence-corrected chi connectivity index (χ1v) is 11.2. The summed E-state index contributed by atoms with van der Waals surface area (Å²) in [5, 5.41) is 3.92. The maximum Gasteiger partial charge on any atom is 0.322 e. The van der Waals surface area contributed by atoms with Gasteiger partial charge in [0.05, 0.1) is 23.9 Å². The molecular weight excluding hydrogens is 421 g/mol. The maximum absolute atomic E-state index is 13.1. The van der Waals surface area contributed by atoms with Gasteiger partial charge in [-0.05, 0) is 42.2 Å². The molecule has 0 aromatic heterocycles. The van der Waals surface area contributed by atoms with Crippen LogP contribution in [-0.2, 0) is 17.7 Å². The molecule has 0 aliphatic carbocycles. The van der Waals surface area contributed by atoms with E-state index in [-0.39, 0.29) is 6.03 Å². The Morgan fingerprint density at radius 1 is 1.10 bits per heavy atom. The molecule has 0 unspecified atom stereocenters. The Bertz CT molecular complexity index is 824. The second-order valence-electron chi connectivity index (χ2n) is 7.45. The molecule has 0 saturated carbocycles. The number of carbonyl (C=O) groups is 1. The van der Waals surface area contributed by atoms with Crippen molar-refractivity contribution in [1.29, 1.82) is 0 Å². The zero-order chi connectivity index (χ0) is 21.3. The zero-order valence-electron chi connectivity index (χ0n) is 17.4. The number of carbonyl (C=O) groups excluding carboxylic acids is 1. The standard InChI is InChI=1S/C23H29Cl2N3O2/c1-2-18-4-6-19(7-5-18)17-28(11-3-10-27-12-14-30-15-13-27)23(29)26-22-16-20(24)8-9-21(22)25/h4-9,16H,2-3,10-15,17H2,1H3,(H,26,29). The van der Waals surface area contributed by atoms with Gasteiger partial charge in [-0.2, -0.15) is 0 Å². The second-order valence-corrected chi connectivity index (χ2v) is 8.30. The molecule has 1 N–H and O–H groups in total. The van der Waals surface area contributed by atoms with Crippen molar-refractivity contribution in [2.24, 2.45) is 0 Å². The molecule has 3 rings (SSSR count). The maximum atomic E-state index is 13.1. The molecule has 162 valence electrons. The molecule has 2 aromatic carbocycles. The van der Waals surface area contributed by atoms with E-state index in [1.54, 1.807) is 18.2 Å². The number of amides is 2. The van der Waals surface area contributed by atoms with Gasteiger partial charge in [-0.25, -0.2) is 4.79 Å². The summed E-state index contributed by atoms with van der Waals surface area (Å²) in [4.78, 5) is 17.3. The third-order valence-electron chi connectivity index (χ3n) is 5.27. The average molecular weight is 450 g/mol. The predicted molar refractivity (Wildman–Crippen MR) is 124 cm³/mol. The molecule has 1 saturated heterocycles. The highest BCUT2D eigenvalue weighted by molar-refractivity contribution is 6.35. The minimum absolute atomic E-state index is 0.180. The summed E-state index contributed by atoms with van der Waals surface area (Å²) >= 11 is 12.3. The van der Waals surface area contributed by atoms with Crippen molar-refractivity contribution < 1.29 is 9.53 Å². The third kappa shape index (κ3) is 6.88. The fourth-order valence-corrected chi connectivity index (χ4v) is 3.79. The fourth-order valence-electron chi connectivity index (χ4n) is 3.45. The quantitative estimate of drug-likeness (QED) is 0.593. The number of morpholine rings is 1. The molecule has 0 bridgehead atoms. The fraction of sp³-hybridized carbons (Fsp3) is 0.435. The van der Waals surface area contributed by atoms with Crippen molar-refractivity contribution >= 4 is 34.9 Å². The van der Waals surface area contributed by atoms with Crippen LogP contribution in [0.2, 0.25) is 10.0 Å². The number of hydrogen-bond acceptors (Lipinski definition) is 3. The van der Waals surface area contributed by atoms with Crippen molar-refractivity contribution in [1.82, 2.24) is 9.80 Å². The largest absolute Gasteiger partial charge is 0.379 e. The summed E-state index contributed by atoms with van der Waals surface area (Å²) in [7, 11) is 0. The summed E-state index contributed by atoms with van der Waals surface area (Å²) in [5.74, 6) is 0. The highest BCUT2D eigenvalue weighted by Gasteiger charge is 2.17. The molecule has 1 aliphatic heterocycles. The van der Waals surface area contributed by atoms with Gasteiger partial charge < -0.3 is 15.0 Å². The van der Waals surface area contributed by atoms with Gasteiger partial charge >= 0.3 is 6.03 Å². The predicted octanol–water partition coefficient (Wildman–Crippen LogP) is 5.31. The summed E-state index contributed by atoms with van der Waals surface area (Å²) in [5.41, 5.74) is 2.91. The molecule has 1 aliphatic rings. The molecule has 30 heavy (non-hydrogen) atoms. The van der Waals surface area contributed by atoms with E-state index in [0.29, 0.717) is 28.8 Å². The first-order valence-electron chi connectivity index (χ1n) is 10.4. The van der Waals surface area contributed by atoms with Gasteiger partial charge in [-0.3, -0.25) is 4.90 Å². The Hall–Kier alpha value is -1.79. The van der Waals surface area contributed by atoms with Crippen LogP contribution in [0.5, 0.6) is 0 Å². The first kappa shape index (κ1) is 22.9. The molecule has 1 fully saturated rings. The van der Waals surface area contributed by atoms with Crippen molar-refractivity contribution in [3.8, 4) is 0 Å². The van der Waals surface area contributed by atoms with Crippen molar-refractivity contribution in [3.63, 3.8) is 0 Å². The molecule has 2 aromatic rings. The summed E-state index contributed by atoms with van der Waals surface area (Å²) < 4.78 is 5.41. The van der Waals surface area contributed by atoms with Gasteiger partial charge in [0.25, 0.3) is 0 Å². The van der Waals surface area contributed by atoms with Crippen LogP contribution in [0.25, 0.3) is 0 Å². The number of aryl methyl sites for hydroxylation is 1. The highest BCUT2D eigenvalue weighted by Crippen LogP contribution is 2.26. The van der Waals surface area contributed by atoms with Crippen LogP contribution in [-0.4, -0.2) is 55.2 Å². The highest BCUT2D eigenvalue weighted by atomic mass is 35.5. The number of hydrogen-bond donors (Lipinski definition) is 1. The van der Waals surface area contributed by atoms with Gasteiger partial charge in [-0.15, -0.1) is 0 Å². The number of urea groups is 1. The number of ether oxygens (including phenoxy) is 1. The lowest BCUT2D eigenvalue weighted by Crippen LogP contribution is -2.40. The van der Waals surface area contributed by atoms with E-state index >= 15 is 0 Å². The lowest BCUT2D eigenvalue weighted by atomic mass is 10.1. The molecule has 0 spiro atoms. The molecule has 5 nitrogen and oxygen atoms in total. The SMILES string of the molecule is CCc1ccc(CN(CCCN2CCOCC2)C(=O)Nc2cc(Cl)ccc2Cl)cc1. The minimum atomic E-state index is -0.180. The van der Waals surface area contributed by atoms with E-state index < -0.39 is 0 Å². The number of anilines is 1. The minimum Gasteiger partial charge on any atom is -0.379 e. The van der Waals surface area contributed by atoms with Crippen LogP contribution in [0, 0.1) is 0 Å². The number of benzene rings is 2. The average Bonchev–Trinajstić information content (AvgIpc) is 2.76. The summed E-state index contributed by atoms with van der Waals surface area (Å²) in [6, 6.07) is 13.3. The van der Waals surface area contributed by atoms with Crippen LogP contribution in [0.3, 0.4) is 0 Å². The number of halogens is 2. The number of rotatable bonds is 8. The van der Waals surface area contributed by atoms with Gasteiger partial charge in [0.1, 0.15) is 0 Å². The first-order chi connectivity index (χ1) is 14.5. The zero-order valence-corrected chi connectivity index (χ0v) is 18.9. The van der Waals surface area contributed by atoms with Gasteiger partial charge in [0.15, 0.2) is 0 Å². The van der Waals surface area contributed by atoms with Crippen molar-refractivity contribution in [3.05, 3.63) is 63.6 Å². The second kappa shape index (κ2) is 11.6. The van der Waals surface area contributed by atoms with Crippen LogP contribution in [0.4, 0.5) is 10.5 Å². The smallest absolute Gasteiger partial charge is 0.322 e. The molecule has 1 heterocycles. The Labute approximate surface area is 188 Å². The van der Waals surface area contributed by atoms with E-state index in [1.807, 2.05) is 4.90 Å². The van der Waals surface area contributed by atoms with E-state index in [4.69, 9.17) is 27.9 Å². The van der Waals surface area contributed by atoms with Crippen molar-refractivity contribution in [2.45, 2.75) is 26.3 Å². The molecular formula is C23H29Cl2N3O2. The molecule has 0 radical (unpaired) electrons. The molecule has 0 atom stereocenters. The lowest BCUT2D eigenvalue weighted by molar-refractivity contribution is 0.0365.